The zero-order valence-electron chi connectivity index (χ0n) is 9.13. The first kappa shape index (κ1) is 11.4. The van der Waals surface area contributed by atoms with E-state index in [0.29, 0.717) is 12.5 Å². The molecule has 1 amide bonds. The molecular weight excluding hydrogens is 196 g/mol. The molecule has 4 N–H and O–H groups in total. The zero-order valence-corrected chi connectivity index (χ0v) is 9.13. The third kappa shape index (κ3) is 4.35. The van der Waals surface area contributed by atoms with E-state index in [1.54, 1.807) is 27.0 Å². The maximum Gasteiger partial charge on any atom is 0.407 e. The van der Waals surface area contributed by atoms with Crippen molar-refractivity contribution < 1.29 is 9.53 Å². The van der Waals surface area contributed by atoms with Crippen LogP contribution in [-0.4, -0.2) is 21.7 Å². The Hall–Kier alpha value is -1.72. The lowest BCUT2D eigenvalue weighted by molar-refractivity contribution is 0.0523. The first-order valence-electron chi connectivity index (χ1n) is 4.63. The fourth-order valence-electron chi connectivity index (χ4n) is 0.948. The molecule has 1 aromatic rings. The highest BCUT2D eigenvalue weighted by molar-refractivity contribution is 5.67. The molecule has 0 bridgehead atoms. The van der Waals surface area contributed by atoms with Crippen LogP contribution in [0.2, 0.25) is 0 Å². The Balaban J connectivity index is 2.35. The predicted molar refractivity (Wildman–Crippen MR) is 56.1 cm³/mol. The summed E-state index contributed by atoms with van der Waals surface area (Å²) in [6.07, 6.45) is 1.10. The fraction of sp³-hybridized carbons (Fsp3) is 0.556. The van der Waals surface area contributed by atoms with Gasteiger partial charge < -0.3 is 20.8 Å². The number of aromatic nitrogens is 2. The SMILES string of the molecule is CC(C)(C)OC(=O)NCc1cnc(N)[nH]1. The molecule has 0 aliphatic carbocycles. The van der Waals surface area contributed by atoms with Gasteiger partial charge in [0, 0.05) is 0 Å². The second kappa shape index (κ2) is 4.20. The molecule has 15 heavy (non-hydrogen) atoms. The number of nitrogens with one attached hydrogen (secondary N) is 2. The van der Waals surface area contributed by atoms with E-state index < -0.39 is 11.7 Å². The van der Waals surface area contributed by atoms with Crippen molar-refractivity contribution in [1.29, 1.82) is 0 Å². The second-order valence-electron chi connectivity index (χ2n) is 4.15. The molecule has 1 aromatic heterocycles. The smallest absolute Gasteiger partial charge is 0.407 e. The van der Waals surface area contributed by atoms with Crippen LogP contribution in [0.4, 0.5) is 10.7 Å². The van der Waals surface area contributed by atoms with Crippen molar-refractivity contribution in [2.24, 2.45) is 0 Å². The Kier molecular flexibility index (Phi) is 3.18. The second-order valence-corrected chi connectivity index (χ2v) is 4.15. The van der Waals surface area contributed by atoms with Crippen molar-refractivity contribution in [2.75, 3.05) is 5.73 Å². The van der Waals surface area contributed by atoms with E-state index in [0.717, 1.165) is 5.69 Å². The number of aromatic amines is 1. The highest BCUT2D eigenvalue weighted by Crippen LogP contribution is 2.06. The number of ether oxygens (including phenoxy) is 1. The lowest BCUT2D eigenvalue weighted by Crippen LogP contribution is -2.32. The van der Waals surface area contributed by atoms with Gasteiger partial charge in [0.15, 0.2) is 5.95 Å². The van der Waals surface area contributed by atoms with Gasteiger partial charge in [-0.2, -0.15) is 0 Å². The highest BCUT2D eigenvalue weighted by Gasteiger charge is 2.15. The molecule has 0 atom stereocenters. The summed E-state index contributed by atoms with van der Waals surface area (Å²) in [7, 11) is 0. The number of hydrogen-bond acceptors (Lipinski definition) is 4. The first-order chi connectivity index (χ1) is 6.87. The molecule has 0 aliphatic heterocycles. The molecule has 84 valence electrons. The van der Waals surface area contributed by atoms with E-state index in [1.807, 2.05) is 0 Å². The molecule has 6 heteroatoms. The lowest BCUT2D eigenvalue weighted by atomic mass is 10.2. The Labute approximate surface area is 88.2 Å². The van der Waals surface area contributed by atoms with Gasteiger partial charge in [-0.15, -0.1) is 0 Å². The van der Waals surface area contributed by atoms with Gasteiger partial charge in [0.2, 0.25) is 0 Å². The van der Waals surface area contributed by atoms with Crippen molar-refractivity contribution in [3.63, 3.8) is 0 Å². The molecule has 0 spiro atoms. The van der Waals surface area contributed by atoms with Crippen LogP contribution in [0.15, 0.2) is 6.20 Å². The van der Waals surface area contributed by atoms with E-state index in [9.17, 15) is 4.79 Å². The number of amides is 1. The number of nitrogens with two attached hydrogens (primary N) is 1. The molecule has 0 aliphatic rings. The first-order valence-corrected chi connectivity index (χ1v) is 4.63. The molecule has 0 unspecified atom stereocenters. The maximum atomic E-state index is 11.2. The van der Waals surface area contributed by atoms with Crippen LogP contribution in [0.1, 0.15) is 26.5 Å². The molecule has 6 nitrogen and oxygen atoms in total. The number of nitrogens with zero attached hydrogens (tertiary/aromatic N) is 1. The number of H-pyrrole nitrogens is 1. The van der Waals surface area contributed by atoms with Crippen LogP contribution < -0.4 is 11.1 Å². The number of carbonyl (C=O) groups excluding carboxylic acids is 1. The average Bonchev–Trinajstić information content (AvgIpc) is 2.45. The summed E-state index contributed by atoms with van der Waals surface area (Å²) in [5.41, 5.74) is 5.62. The summed E-state index contributed by atoms with van der Waals surface area (Å²) in [5.74, 6) is 0.330. The van der Waals surface area contributed by atoms with Crippen LogP contribution in [-0.2, 0) is 11.3 Å². The van der Waals surface area contributed by atoms with Crippen LogP contribution in [0, 0.1) is 0 Å². The van der Waals surface area contributed by atoms with Crippen molar-refractivity contribution in [3.05, 3.63) is 11.9 Å². The zero-order chi connectivity index (χ0) is 11.5. The normalized spacial score (nSPS) is 11.1. The molecule has 0 saturated heterocycles. The average molecular weight is 212 g/mol. The highest BCUT2D eigenvalue weighted by atomic mass is 16.6. The number of nitrogen functional groups attached to an aromatic ring is 1. The number of anilines is 1. The van der Waals surface area contributed by atoms with Crippen LogP contribution in [0.5, 0.6) is 0 Å². The van der Waals surface area contributed by atoms with Crippen LogP contribution in [0.3, 0.4) is 0 Å². The number of imidazole rings is 1. The minimum atomic E-state index is -0.489. The summed E-state index contributed by atoms with van der Waals surface area (Å²) >= 11 is 0. The Morgan fingerprint density at radius 2 is 2.33 bits per heavy atom. The van der Waals surface area contributed by atoms with E-state index in [4.69, 9.17) is 10.5 Å². The minimum absolute atomic E-state index is 0.319. The summed E-state index contributed by atoms with van der Waals surface area (Å²) in [6.45, 7) is 5.74. The Morgan fingerprint density at radius 1 is 1.67 bits per heavy atom. The van der Waals surface area contributed by atoms with Gasteiger partial charge in [0.05, 0.1) is 18.4 Å². The summed E-state index contributed by atoms with van der Waals surface area (Å²) in [4.78, 5) is 17.8. The molecule has 0 saturated carbocycles. The maximum absolute atomic E-state index is 11.2. The molecule has 1 rings (SSSR count). The lowest BCUT2D eigenvalue weighted by Gasteiger charge is -2.19. The van der Waals surface area contributed by atoms with E-state index in [1.165, 1.54) is 0 Å². The van der Waals surface area contributed by atoms with E-state index in [-0.39, 0.29) is 0 Å². The van der Waals surface area contributed by atoms with Gasteiger partial charge in [0.1, 0.15) is 5.60 Å². The molecule has 0 fully saturated rings. The summed E-state index contributed by atoms with van der Waals surface area (Å²) in [5, 5.41) is 2.58. The number of alkyl carbamates (subject to hydrolysis) is 1. The van der Waals surface area contributed by atoms with Gasteiger partial charge in [-0.1, -0.05) is 0 Å². The topological polar surface area (TPSA) is 93.0 Å². The number of hydrogen-bond donors (Lipinski definition) is 3. The quantitative estimate of drug-likeness (QED) is 0.682. The third-order valence-corrected chi connectivity index (χ3v) is 1.47. The van der Waals surface area contributed by atoms with Gasteiger partial charge >= 0.3 is 6.09 Å². The predicted octanol–water partition coefficient (Wildman–Crippen LogP) is 1.02. The van der Waals surface area contributed by atoms with Crippen molar-refractivity contribution in [2.45, 2.75) is 32.9 Å². The van der Waals surface area contributed by atoms with E-state index in [2.05, 4.69) is 15.3 Å². The molecule has 0 radical (unpaired) electrons. The van der Waals surface area contributed by atoms with Gasteiger partial charge in [-0.05, 0) is 20.8 Å². The Morgan fingerprint density at radius 3 is 2.80 bits per heavy atom. The van der Waals surface area contributed by atoms with E-state index >= 15 is 0 Å². The monoisotopic (exact) mass is 212 g/mol. The van der Waals surface area contributed by atoms with Crippen molar-refractivity contribution in [3.8, 4) is 0 Å². The summed E-state index contributed by atoms with van der Waals surface area (Å²) in [6, 6.07) is 0. The molecule has 0 aromatic carbocycles. The van der Waals surface area contributed by atoms with Crippen molar-refractivity contribution in [1.82, 2.24) is 15.3 Å². The summed E-state index contributed by atoms with van der Waals surface area (Å²) < 4.78 is 5.05. The van der Waals surface area contributed by atoms with Gasteiger partial charge in [-0.25, -0.2) is 9.78 Å². The standard InChI is InChI=1S/C9H16N4O2/c1-9(2,3)15-8(14)12-5-6-4-11-7(10)13-6/h4H,5H2,1-3H3,(H,12,14)(H3,10,11,13). The largest absolute Gasteiger partial charge is 0.444 e. The minimum Gasteiger partial charge on any atom is -0.444 e. The number of carbonyl (C=O) groups is 1. The van der Waals surface area contributed by atoms with Crippen LogP contribution in [0.25, 0.3) is 0 Å². The van der Waals surface area contributed by atoms with Crippen molar-refractivity contribution >= 4 is 12.0 Å². The fourth-order valence-corrected chi connectivity index (χ4v) is 0.948. The Bertz CT molecular complexity index is 340. The molecular formula is C9H16N4O2. The number of rotatable bonds is 2. The third-order valence-electron chi connectivity index (χ3n) is 1.47. The van der Waals surface area contributed by atoms with Crippen LogP contribution >= 0.6 is 0 Å². The van der Waals surface area contributed by atoms with Gasteiger partial charge in [0.25, 0.3) is 0 Å². The molecule has 1 heterocycles. The van der Waals surface area contributed by atoms with Gasteiger partial charge in [-0.3, -0.25) is 0 Å².